The van der Waals surface area contributed by atoms with Gasteiger partial charge in [0, 0.05) is 35.6 Å². The first-order chi connectivity index (χ1) is 16.5. The summed E-state index contributed by atoms with van der Waals surface area (Å²) in [6.07, 6.45) is 1.91. The van der Waals surface area contributed by atoms with Gasteiger partial charge in [-0.25, -0.2) is 0 Å². The molecule has 0 aliphatic carbocycles. The molecule has 4 aromatic rings. The van der Waals surface area contributed by atoms with Gasteiger partial charge in [-0.05, 0) is 42.3 Å². The molecule has 0 saturated carbocycles. The fourth-order valence-electron chi connectivity index (χ4n) is 4.17. The molecule has 9 heteroatoms. The Bertz CT molecular complexity index is 1460. The van der Waals surface area contributed by atoms with Crippen molar-refractivity contribution in [1.82, 2.24) is 20.3 Å². The van der Waals surface area contributed by atoms with E-state index in [2.05, 4.69) is 48.8 Å². The SMILES string of the molecule is CNC(=O)c1ccc(Nc2nc(OC)c3c(-c4ccc5c(c4)CN=C5C)c[nH]c3n2)c(OC)c1. The number of benzene rings is 2. The van der Waals surface area contributed by atoms with Gasteiger partial charge in [0.25, 0.3) is 5.91 Å². The quantitative estimate of drug-likeness (QED) is 0.403. The lowest BCUT2D eigenvalue weighted by molar-refractivity contribution is 0.0963. The van der Waals surface area contributed by atoms with Crippen LogP contribution in [0.3, 0.4) is 0 Å². The normalized spacial score (nSPS) is 12.3. The highest BCUT2D eigenvalue weighted by Gasteiger charge is 2.19. The van der Waals surface area contributed by atoms with Crippen LogP contribution in [-0.2, 0) is 6.54 Å². The lowest BCUT2D eigenvalue weighted by atomic mass is 9.99. The number of amides is 1. The molecule has 0 saturated heterocycles. The maximum Gasteiger partial charge on any atom is 0.251 e. The number of hydrogen-bond donors (Lipinski definition) is 3. The molecule has 0 fully saturated rings. The molecule has 1 amide bonds. The van der Waals surface area contributed by atoms with Crippen molar-refractivity contribution < 1.29 is 14.3 Å². The molecule has 5 rings (SSSR count). The number of ether oxygens (including phenoxy) is 2. The van der Waals surface area contributed by atoms with Gasteiger partial charge < -0.3 is 25.1 Å². The van der Waals surface area contributed by atoms with Gasteiger partial charge in [0.1, 0.15) is 11.4 Å². The Morgan fingerprint density at radius 2 is 1.91 bits per heavy atom. The van der Waals surface area contributed by atoms with Gasteiger partial charge >= 0.3 is 0 Å². The number of H-pyrrole nitrogens is 1. The second-order valence-electron chi connectivity index (χ2n) is 7.88. The summed E-state index contributed by atoms with van der Waals surface area (Å²) in [5.74, 6) is 1.07. The fourth-order valence-corrected chi connectivity index (χ4v) is 4.17. The number of anilines is 2. The van der Waals surface area contributed by atoms with E-state index in [9.17, 15) is 4.79 Å². The Morgan fingerprint density at radius 1 is 1.06 bits per heavy atom. The zero-order valence-corrected chi connectivity index (χ0v) is 19.3. The van der Waals surface area contributed by atoms with Gasteiger partial charge in [0.05, 0.1) is 31.8 Å². The topological polar surface area (TPSA) is 114 Å². The van der Waals surface area contributed by atoms with E-state index in [0.717, 1.165) is 22.2 Å². The van der Waals surface area contributed by atoms with Crippen molar-refractivity contribution in [3.63, 3.8) is 0 Å². The number of methoxy groups -OCH3 is 2. The van der Waals surface area contributed by atoms with Crippen LogP contribution in [0, 0.1) is 0 Å². The summed E-state index contributed by atoms with van der Waals surface area (Å²) in [6.45, 7) is 2.73. The van der Waals surface area contributed by atoms with Crippen molar-refractivity contribution in [2.45, 2.75) is 13.5 Å². The monoisotopic (exact) mass is 456 g/mol. The van der Waals surface area contributed by atoms with Crippen LogP contribution in [0.15, 0.2) is 47.6 Å². The largest absolute Gasteiger partial charge is 0.495 e. The van der Waals surface area contributed by atoms with E-state index in [1.54, 1.807) is 39.5 Å². The summed E-state index contributed by atoms with van der Waals surface area (Å²) in [4.78, 5) is 28.9. The van der Waals surface area contributed by atoms with Crippen molar-refractivity contribution in [2.75, 3.05) is 26.6 Å². The number of rotatable bonds is 6. The first-order valence-corrected chi connectivity index (χ1v) is 10.8. The Kier molecular flexibility index (Phi) is 5.37. The lowest BCUT2D eigenvalue weighted by Gasteiger charge is -2.13. The van der Waals surface area contributed by atoms with Gasteiger partial charge in [-0.1, -0.05) is 12.1 Å². The third-order valence-corrected chi connectivity index (χ3v) is 5.92. The van der Waals surface area contributed by atoms with Crippen LogP contribution in [0.5, 0.6) is 11.6 Å². The molecule has 3 heterocycles. The standard InChI is InChI=1S/C25H24N6O3/c1-13-17-7-5-14(9-16(17)11-27-13)18-12-28-22-21(18)24(34-4)31-25(30-22)29-19-8-6-15(23(32)26-2)10-20(19)33-3/h5-10,12H,11H2,1-4H3,(H,26,32)(H2,28,29,30,31). The summed E-state index contributed by atoms with van der Waals surface area (Å²) in [5.41, 5.74) is 7.21. The number of nitrogens with one attached hydrogen (secondary N) is 3. The van der Waals surface area contributed by atoms with Gasteiger partial charge in [0.15, 0.2) is 0 Å². The highest BCUT2D eigenvalue weighted by atomic mass is 16.5. The molecule has 172 valence electrons. The summed E-state index contributed by atoms with van der Waals surface area (Å²) in [5, 5.41) is 6.57. The van der Waals surface area contributed by atoms with Crippen molar-refractivity contribution in [1.29, 1.82) is 0 Å². The van der Waals surface area contributed by atoms with Gasteiger partial charge in [-0.3, -0.25) is 9.79 Å². The summed E-state index contributed by atoms with van der Waals surface area (Å²) < 4.78 is 11.1. The van der Waals surface area contributed by atoms with Crippen LogP contribution < -0.4 is 20.1 Å². The minimum absolute atomic E-state index is 0.198. The molecule has 1 aliphatic heterocycles. The van der Waals surface area contributed by atoms with Crippen molar-refractivity contribution in [3.05, 3.63) is 59.3 Å². The molecule has 0 radical (unpaired) electrons. The zero-order valence-electron chi connectivity index (χ0n) is 19.3. The van der Waals surface area contributed by atoms with Gasteiger partial charge in [-0.15, -0.1) is 0 Å². The summed E-state index contributed by atoms with van der Waals surface area (Å²) in [7, 11) is 4.71. The second kappa shape index (κ2) is 8.51. The van der Waals surface area contributed by atoms with Crippen LogP contribution in [-0.4, -0.2) is 47.8 Å². The molecule has 34 heavy (non-hydrogen) atoms. The molecule has 0 atom stereocenters. The Labute approximate surface area is 196 Å². The molecule has 2 aromatic heterocycles. The minimum atomic E-state index is -0.198. The number of hydrogen-bond acceptors (Lipinski definition) is 7. The number of carbonyl (C=O) groups is 1. The van der Waals surface area contributed by atoms with Crippen LogP contribution in [0.4, 0.5) is 11.6 Å². The Balaban J connectivity index is 1.52. The zero-order chi connectivity index (χ0) is 23.8. The van der Waals surface area contributed by atoms with E-state index in [1.165, 1.54) is 11.1 Å². The maximum absolute atomic E-state index is 11.9. The average Bonchev–Trinajstić information content (AvgIpc) is 3.46. The number of aromatic amines is 1. The van der Waals surface area contributed by atoms with Crippen molar-refractivity contribution in [3.8, 4) is 22.8 Å². The van der Waals surface area contributed by atoms with E-state index in [1.807, 2.05) is 13.1 Å². The molecule has 9 nitrogen and oxygen atoms in total. The molecular formula is C25H24N6O3. The van der Waals surface area contributed by atoms with E-state index < -0.39 is 0 Å². The number of carbonyl (C=O) groups excluding carboxylic acids is 1. The van der Waals surface area contributed by atoms with Crippen LogP contribution in [0.1, 0.15) is 28.4 Å². The smallest absolute Gasteiger partial charge is 0.251 e. The van der Waals surface area contributed by atoms with Crippen molar-refractivity contribution >= 4 is 34.3 Å². The second-order valence-corrected chi connectivity index (χ2v) is 7.88. The van der Waals surface area contributed by atoms with Crippen LogP contribution in [0.25, 0.3) is 22.2 Å². The maximum atomic E-state index is 11.9. The Morgan fingerprint density at radius 3 is 2.68 bits per heavy atom. The highest BCUT2D eigenvalue weighted by Crippen LogP contribution is 2.37. The third kappa shape index (κ3) is 3.61. The first kappa shape index (κ1) is 21.4. The third-order valence-electron chi connectivity index (χ3n) is 5.92. The van der Waals surface area contributed by atoms with Gasteiger partial charge in [0.2, 0.25) is 11.8 Å². The number of aliphatic imine (C=N–C) groups is 1. The number of aromatic nitrogens is 3. The minimum Gasteiger partial charge on any atom is -0.495 e. The molecule has 2 aromatic carbocycles. The fraction of sp³-hybridized carbons (Fsp3) is 0.200. The number of fused-ring (bicyclic) bond motifs is 2. The molecular weight excluding hydrogens is 432 g/mol. The predicted octanol–water partition coefficient (Wildman–Crippen LogP) is 4.07. The molecule has 0 unspecified atom stereocenters. The predicted molar refractivity (Wildman–Crippen MR) is 131 cm³/mol. The molecule has 0 spiro atoms. The van der Waals surface area contributed by atoms with E-state index >= 15 is 0 Å². The van der Waals surface area contributed by atoms with E-state index in [0.29, 0.717) is 41.0 Å². The van der Waals surface area contributed by atoms with E-state index in [4.69, 9.17) is 9.47 Å². The van der Waals surface area contributed by atoms with E-state index in [-0.39, 0.29) is 5.91 Å². The summed E-state index contributed by atoms with van der Waals surface area (Å²) >= 11 is 0. The van der Waals surface area contributed by atoms with Crippen molar-refractivity contribution in [2.24, 2.45) is 4.99 Å². The van der Waals surface area contributed by atoms with Crippen LogP contribution >= 0.6 is 0 Å². The average molecular weight is 457 g/mol. The molecule has 0 bridgehead atoms. The molecule has 3 N–H and O–H groups in total. The number of nitrogens with zero attached hydrogens (tertiary/aromatic N) is 3. The van der Waals surface area contributed by atoms with Gasteiger partial charge in [-0.2, -0.15) is 9.97 Å². The lowest BCUT2D eigenvalue weighted by Crippen LogP contribution is -2.17. The summed E-state index contributed by atoms with van der Waals surface area (Å²) in [6, 6.07) is 11.4. The molecule has 1 aliphatic rings. The Hall–Kier alpha value is -4.40. The van der Waals surface area contributed by atoms with Crippen LogP contribution in [0.2, 0.25) is 0 Å². The highest BCUT2D eigenvalue weighted by molar-refractivity contribution is 6.03. The first-order valence-electron chi connectivity index (χ1n) is 10.8.